The molecule has 1 aliphatic carbocycles. The van der Waals surface area contributed by atoms with E-state index < -0.39 is 5.60 Å². The highest BCUT2D eigenvalue weighted by Crippen LogP contribution is 2.33. The smallest absolute Gasteiger partial charge is 0.0992 e. The first kappa shape index (κ1) is 13.4. The Labute approximate surface area is 116 Å². The quantitative estimate of drug-likeness (QED) is 0.933. The second-order valence-corrected chi connectivity index (χ2v) is 5.92. The number of rotatable bonds is 3. The average Bonchev–Trinajstić information content (AvgIpc) is 2.75. The number of nitriles is 1. The number of likely N-dealkylation sites (N-methyl/N-ethyl adjacent to an activating group) is 1. The van der Waals surface area contributed by atoms with Gasteiger partial charge in [0.1, 0.15) is 0 Å². The fraction of sp³-hybridized carbons (Fsp3) is 0.500. The van der Waals surface area contributed by atoms with Crippen LogP contribution in [-0.2, 0) is 0 Å². The van der Waals surface area contributed by atoms with Gasteiger partial charge in [-0.15, -0.1) is 0 Å². The van der Waals surface area contributed by atoms with E-state index in [1.54, 1.807) is 6.07 Å². The first-order valence-corrected chi connectivity index (χ1v) is 6.96. The zero-order valence-electron chi connectivity index (χ0n) is 10.5. The van der Waals surface area contributed by atoms with Crippen LogP contribution in [0.5, 0.6) is 0 Å². The Bertz CT molecular complexity index is 475. The zero-order chi connectivity index (χ0) is 13.2. The number of hydrogen-bond acceptors (Lipinski definition) is 3. The van der Waals surface area contributed by atoms with Gasteiger partial charge in [-0.25, -0.2) is 0 Å². The number of aliphatic hydroxyl groups is 1. The Morgan fingerprint density at radius 1 is 1.44 bits per heavy atom. The standard InChI is InChI=1S/C14H17BrN2O/c1-17(10-14(18)6-2-3-7-14)13-5-4-11(9-16)8-12(13)15/h4-5,8,18H,2-3,6-7,10H2,1H3. The summed E-state index contributed by atoms with van der Waals surface area (Å²) in [6.07, 6.45) is 3.98. The molecule has 1 aromatic rings. The van der Waals surface area contributed by atoms with Crippen molar-refractivity contribution >= 4 is 21.6 Å². The third-order valence-electron chi connectivity index (χ3n) is 3.55. The first-order chi connectivity index (χ1) is 8.54. The van der Waals surface area contributed by atoms with Gasteiger partial charge in [0, 0.05) is 18.1 Å². The van der Waals surface area contributed by atoms with E-state index in [4.69, 9.17) is 5.26 Å². The van der Waals surface area contributed by atoms with Gasteiger partial charge in [0.15, 0.2) is 0 Å². The van der Waals surface area contributed by atoms with Gasteiger partial charge in [0.2, 0.25) is 0 Å². The Morgan fingerprint density at radius 3 is 2.67 bits per heavy atom. The number of halogens is 1. The van der Waals surface area contributed by atoms with E-state index in [2.05, 4.69) is 26.9 Å². The van der Waals surface area contributed by atoms with Crippen molar-refractivity contribution in [2.24, 2.45) is 0 Å². The predicted octanol–water partition coefficient (Wildman–Crippen LogP) is 3.06. The molecule has 96 valence electrons. The lowest BCUT2D eigenvalue weighted by Crippen LogP contribution is -2.39. The molecule has 1 aliphatic rings. The lowest BCUT2D eigenvalue weighted by atomic mass is 10.0. The normalized spacial score (nSPS) is 17.4. The third-order valence-corrected chi connectivity index (χ3v) is 4.19. The molecule has 0 heterocycles. The van der Waals surface area contributed by atoms with E-state index in [9.17, 15) is 5.11 Å². The number of nitrogens with zero attached hydrogens (tertiary/aromatic N) is 2. The molecule has 4 heteroatoms. The van der Waals surface area contributed by atoms with Gasteiger partial charge in [-0.1, -0.05) is 12.8 Å². The lowest BCUT2D eigenvalue weighted by molar-refractivity contribution is 0.0559. The van der Waals surface area contributed by atoms with Crippen LogP contribution in [0.25, 0.3) is 0 Å². The van der Waals surface area contributed by atoms with Crippen molar-refractivity contribution in [3.05, 3.63) is 28.2 Å². The van der Waals surface area contributed by atoms with Gasteiger partial charge in [-0.2, -0.15) is 5.26 Å². The summed E-state index contributed by atoms with van der Waals surface area (Å²) in [5.41, 5.74) is 1.09. The summed E-state index contributed by atoms with van der Waals surface area (Å²) in [4.78, 5) is 2.05. The average molecular weight is 309 g/mol. The van der Waals surface area contributed by atoms with E-state index in [1.165, 1.54) is 0 Å². The molecule has 1 aromatic carbocycles. The van der Waals surface area contributed by atoms with Crippen molar-refractivity contribution in [1.29, 1.82) is 5.26 Å². The summed E-state index contributed by atoms with van der Waals surface area (Å²) in [5, 5.41) is 19.2. The van der Waals surface area contributed by atoms with Crippen LogP contribution in [0.3, 0.4) is 0 Å². The molecule has 2 rings (SSSR count). The highest BCUT2D eigenvalue weighted by atomic mass is 79.9. The van der Waals surface area contributed by atoms with Crippen LogP contribution in [0, 0.1) is 11.3 Å². The van der Waals surface area contributed by atoms with Crippen LogP contribution in [0.15, 0.2) is 22.7 Å². The van der Waals surface area contributed by atoms with Gasteiger partial charge in [0.05, 0.1) is 22.9 Å². The van der Waals surface area contributed by atoms with Crippen molar-refractivity contribution in [3.63, 3.8) is 0 Å². The van der Waals surface area contributed by atoms with Gasteiger partial charge >= 0.3 is 0 Å². The molecule has 0 aromatic heterocycles. The van der Waals surface area contributed by atoms with E-state index >= 15 is 0 Å². The summed E-state index contributed by atoms with van der Waals surface area (Å²) >= 11 is 3.48. The first-order valence-electron chi connectivity index (χ1n) is 6.17. The molecule has 1 N–H and O–H groups in total. The maximum Gasteiger partial charge on any atom is 0.0992 e. The highest BCUT2D eigenvalue weighted by molar-refractivity contribution is 9.10. The Balaban J connectivity index is 2.14. The fourth-order valence-corrected chi connectivity index (χ4v) is 3.29. The van der Waals surface area contributed by atoms with Crippen LogP contribution in [-0.4, -0.2) is 24.3 Å². The monoisotopic (exact) mass is 308 g/mol. The van der Waals surface area contributed by atoms with Crippen molar-refractivity contribution in [1.82, 2.24) is 0 Å². The van der Waals surface area contributed by atoms with Crippen LogP contribution >= 0.6 is 15.9 Å². The minimum absolute atomic E-state index is 0.553. The number of benzene rings is 1. The molecule has 18 heavy (non-hydrogen) atoms. The van der Waals surface area contributed by atoms with Crippen molar-refractivity contribution < 1.29 is 5.11 Å². The largest absolute Gasteiger partial charge is 0.388 e. The van der Waals surface area contributed by atoms with Crippen LogP contribution in [0.4, 0.5) is 5.69 Å². The Morgan fingerprint density at radius 2 is 2.11 bits per heavy atom. The zero-order valence-corrected chi connectivity index (χ0v) is 12.1. The van der Waals surface area contributed by atoms with Crippen molar-refractivity contribution in [2.75, 3.05) is 18.5 Å². The van der Waals surface area contributed by atoms with E-state index in [0.29, 0.717) is 12.1 Å². The van der Waals surface area contributed by atoms with Gasteiger partial charge in [0.25, 0.3) is 0 Å². The molecule has 0 bridgehead atoms. The number of anilines is 1. The molecule has 0 unspecified atom stereocenters. The predicted molar refractivity (Wildman–Crippen MR) is 75.5 cm³/mol. The van der Waals surface area contributed by atoms with Crippen LogP contribution in [0.1, 0.15) is 31.2 Å². The molecule has 0 spiro atoms. The minimum Gasteiger partial charge on any atom is -0.388 e. The van der Waals surface area contributed by atoms with Crippen LogP contribution < -0.4 is 4.90 Å². The Hall–Kier alpha value is -1.05. The maximum absolute atomic E-state index is 10.4. The summed E-state index contributed by atoms with van der Waals surface area (Å²) in [7, 11) is 1.97. The van der Waals surface area contributed by atoms with Gasteiger partial charge in [-0.3, -0.25) is 0 Å². The van der Waals surface area contributed by atoms with E-state index in [0.717, 1.165) is 35.8 Å². The second kappa shape index (κ2) is 5.29. The van der Waals surface area contributed by atoms with E-state index in [1.807, 2.05) is 19.2 Å². The van der Waals surface area contributed by atoms with Gasteiger partial charge in [-0.05, 0) is 47.0 Å². The molecule has 0 amide bonds. The molecule has 3 nitrogen and oxygen atoms in total. The minimum atomic E-state index is -0.553. The van der Waals surface area contributed by atoms with Crippen molar-refractivity contribution in [2.45, 2.75) is 31.3 Å². The molecule has 0 aliphatic heterocycles. The summed E-state index contributed by atoms with van der Waals surface area (Å²) in [6.45, 7) is 0.636. The fourth-order valence-electron chi connectivity index (χ4n) is 2.60. The van der Waals surface area contributed by atoms with Crippen molar-refractivity contribution in [3.8, 4) is 6.07 Å². The highest BCUT2D eigenvalue weighted by Gasteiger charge is 2.32. The van der Waals surface area contributed by atoms with Crippen LogP contribution in [0.2, 0.25) is 0 Å². The summed E-state index contributed by atoms with van der Waals surface area (Å²) in [5.74, 6) is 0. The number of hydrogen-bond donors (Lipinski definition) is 1. The molecular weight excluding hydrogens is 292 g/mol. The molecule has 0 atom stereocenters. The lowest BCUT2D eigenvalue weighted by Gasteiger charge is -2.30. The maximum atomic E-state index is 10.4. The van der Waals surface area contributed by atoms with E-state index in [-0.39, 0.29) is 0 Å². The molecule has 0 saturated heterocycles. The second-order valence-electron chi connectivity index (χ2n) is 5.07. The molecular formula is C14H17BrN2O. The summed E-state index contributed by atoms with van der Waals surface area (Å²) < 4.78 is 0.894. The molecule has 1 fully saturated rings. The summed E-state index contributed by atoms with van der Waals surface area (Å²) in [6, 6.07) is 7.65. The Kier molecular flexibility index (Phi) is 3.94. The molecule has 0 radical (unpaired) electrons. The third kappa shape index (κ3) is 2.85. The van der Waals surface area contributed by atoms with Gasteiger partial charge < -0.3 is 10.0 Å². The SMILES string of the molecule is CN(CC1(O)CCCC1)c1ccc(C#N)cc1Br. The molecule has 1 saturated carbocycles. The topological polar surface area (TPSA) is 47.3 Å².